The molecule has 1 aliphatic rings. The highest BCUT2D eigenvalue weighted by molar-refractivity contribution is 5.80. The Balaban J connectivity index is 1.56. The van der Waals surface area contributed by atoms with E-state index >= 15 is 0 Å². The van der Waals surface area contributed by atoms with Crippen molar-refractivity contribution in [2.45, 2.75) is 71.4 Å². The summed E-state index contributed by atoms with van der Waals surface area (Å²) < 4.78 is 13.1. The molecule has 1 aromatic carbocycles. The van der Waals surface area contributed by atoms with Crippen molar-refractivity contribution in [1.82, 2.24) is 25.4 Å². The van der Waals surface area contributed by atoms with E-state index in [1.165, 1.54) is 37.7 Å². The van der Waals surface area contributed by atoms with E-state index in [2.05, 4.69) is 33.0 Å². The average Bonchev–Trinajstić information content (AvgIpc) is 3.13. The Kier molecular flexibility index (Phi) is 9.19. The molecular formula is C24H38N6O2. The summed E-state index contributed by atoms with van der Waals surface area (Å²) in [5, 5.41) is 15.5. The number of nitrogens with zero attached hydrogens (tertiary/aromatic N) is 4. The molecule has 0 amide bonds. The molecule has 2 aromatic rings. The molecule has 0 bridgehead atoms. The van der Waals surface area contributed by atoms with Crippen LogP contribution in [-0.2, 0) is 20.0 Å². The summed E-state index contributed by atoms with van der Waals surface area (Å²) in [6, 6.07) is 6.65. The molecule has 0 saturated heterocycles. The summed E-state index contributed by atoms with van der Waals surface area (Å²) in [5.41, 5.74) is 1.24. The Morgan fingerprint density at radius 3 is 2.69 bits per heavy atom. The Morgan fingerprint density at radius 1 is 1.19 bits per heavy atom. The number of hydrogen-bond donors (Lipinski definition) is 2. The fourth-order valence-electron chi connectivity index (χ4n) is 3.98. The van der Waals surface area contributed by atoms with Gasteiger partial charge in [-0.3, -0.25) is 0 Å². The van der Waals surface area contributed by atoms with E-state index in [4.69, 9.17) is 14.5 Å². The molecule has 1 fully saturated rings. The zero-order chi connectivity index (χ0) is 22.8. The molecule has 8 nitrogen and oxygen atoms in total. The van der Waals surface area contributed by atoms with E-state index < -0.39 is 0 Å². The van der Waals surface area contributed by atoms with Crippen LogP contribution in [0.1, 0.15) is 62.7 Å². The maximum Gasteiger partial charge on any atom is 0.191 e. The third-order valence-electron chi connectivity index (χ3n) is 5.97. The van der Waals surface area contributed by atoms with Crippen LogP contribution in [-0.4, -0.2) is 47.0 Å². The first-order valence-corrected chi connectivity index (χ1v) is 11.8. The number of methoxy groups -OCH3 is 1. The van der Waals surface area contributed by atoms with Crippen molar-refractivity contribution >= 4 is 5.96 Å². The van der Waals surface area contributed by atoms with Gasteiger partial charge in [0.05, 0.1) is 13.7 Å². The average molecular weight is 443 g/mol. The monoisotopic (exact) mass is 442 g/mol. The molecule has 176 valence electrons. The smallest absolute Gasteiger partial charge is 0.191 e. The van der Waals surface area contributed by atoms with Gasteiger partial charge in [0.15, 0.2) is 23.3 Å². The van der Waals surface area contributed by atoms with E-state index in [1.54, 1.807) is 7.11 Å². The lowest BCUT2D eigenvalue weighted by atomic mass is 9.96. The minimum atomic E-state index is 0.492. The van der Waals surface area contributed by atoms with Crippen molar-refractivity contribution in [3.05, 3.63) is 35.4 Å². The van der Waals surface area contributed by atoms with Crippen molar-refractivity contribution in [3.8, 4) is 11.5 Å². The molecule has 0 atom stereocenters. The van der Waals surface area contributed by atoms with Gasteiger partial charge in [-0.25, -0.2) is 4.99 Å². The Bertz CT molecular complexity index is 873. The SMILES string of the molecule is CCOc1cc(CCCNC(=NCc2nnc(C)n2C)NC2CCCCC2)ccc1OC. The number of benzene rings is 1. The molecule has 1 aromatic heterocycles. The minimum absolute atomic E-state index is 0.492. The quantitative estimate of drug-likeness (QED) is 0.333. The predicted octanol–water partition coefficient (Wildman–Crippen LogP) is 3.53. The zero-order valence-corrected chi connectivity index (χ0v) is 20.0. The lowest BCUT2D eigenvalue weighted by molar-refractivity contribution is 0.310. The van der Waals surface area contributed by atoms with Crippen molar-refractivity contribution < 1.29 is 9.47 Å². The molecule has 2 N–H and O–H groups in total. The van der Waals surface area contributed by atoms with E-state index in [-0.39, 0.29) is 0 Å². The maximum absolute atomic E-state index is 5.70. The first kappa shape index (κ1) is 23.9. The molecule has 0 unspecified atom stereocenters. The van der Waals surface area contributed by atoms with Crippen molar-refractivity contribution in [2.24, 2.45) is 12.0 Å². The standard InChI is InChI=1S/C24H38N6O2/c1-5-32-22-16-19(13-14-21(22)31-4)10-9-15-25-24(27-20-11-7-6-8-12-20)26-17-23-29-28-18(2)30(23)3/h13-14,16,20H,5-12,15,17H2,1-4H3,(H2,25,26,27). The van der Waals surface area contributed by atoms with Crippen LogP contribution >= 0.6 is 0 Å². The van der Waals surface area contributed by atoms with Crippen LogP contribution in [0.25, 0.3) is 0 Å². The summed E-state index contributed by atoms with van der Waals surface area (Å²) in [5.74, 6) is 4.21. The summed E-state index contributed by atoms with van der Waals surface area (Å²) in [4.78, 5) is 4.80. The van der Waals surface area contributed by atoms with Gasteiger partial charge in [0.2, 0.25) is 0 Å². The van der Waals surface area contributed by atoms with Gasteiger partial charge in [0.1, 0.15) is 12.4 Å². The lowest BCUT2D eigenvalue weighted by Gasteiger charge is -2.25. The van der Waals surface area contributed by atoms with E-state index in [0.29, 0.717) is 19.2 Å². The van der Waals surface area contributed by atoms with Gasteiger partial charge >= 0.3 is 0 Å². The summed E-state index contributed by atoms with van der Waals surface area (Å²) >= 11 is 0. The number of rotatable bonds is 10. The highest BCUT2D eigenvalue weighted by Crippen LogP contribution is 2.28. The molecule has 1 aliphatic carbocycles. The highest BCUT2D eigenvalue weighted by Gasteiger charge is 2.15. The normalized spacial score (nSPS) is 14.9. The second kappa shape index (κ2) is 12.3. The van der Waals surface area contributed by atoms with Crippen LogP contribution < -0.4 is 20.1 Å². The second-order valence-electron chi connectivity index (χ2n) is 8.32. The van der Waals surface area contributed by atoms with Crippen LogP contribution in [0.2, 0.25) is 0 Å². The third-order valence-corrected chi connectivity index (χ3v) is 5.97. The number of nitrogens with one attached hydrogen (secondary N) is 2. The van der Waals surface area contributed by atoms with Crippen LogP contribution in [0, 0.1) is 6.92 Å². The van der Waals surface area contributed by atoms with E-state index in [9.17, 15) is 0 Å². The van der Waals surface area contributed by atoms with Gasteiger partial charge in [0, 0.05) is 19.6 Å². The molecule has 0 radical (unpaired) electrons. The van der Waals surface area contributed by atoms with Crippen molar-refractivity contribution in [2.75, 3.05) is 20.3 Å². The van der Waals surface area contributed by atoms with Crippen molar-refractivity contribution in [3.63, 3.8) is 0 Å². The molecule has 0 aliphatic heterocycles. The number of hydrogen-bond acceptors (Lipinski definition) is 5. The third kappa shape index (κ3) is 6.87. The first-order valence-electron chi connectivity index (χ1n) is 11.8. The fraction of sp³-hybridized carbons (Fsp3) is 0.625. The lowest BCUT2D eigenvalue weighted by Crippen LogP contribution is -2.44. The zero-order valence-electron chi connectivity index (χ0n) is 20.0. The highest BCUT2D eigenvalue weighted by atomic mass is 16.5. The van der Waals surface area contributed by atoms with Gasteiger partial charge in [-0.1, -0.05) is 25.3 Å². The van der Waals surface area contributed by atoms with Crippen LogP contribution in [0.3, 0.4) is 0 Å². The van der Waals surface area contributed by atoms with Crippen LogP contribution in [0.5, 0.6) is 11.5 Å². The van der Waals surface area contributed by atoms with Gasteiger partial charge in [-0.05, 0) is 57.2 Å². The topological polar surface area (TPSA) is 85.6 Å². The molecule has 1 heterocycles. The molecule has 1 saturated carbocycles. The second-order valence-corrected chi connectivity index (χ2v) is 8.32. The number of aliphatic imine (C=N–C) groups is 1. The number of ether oxygens (including phenoxy) is 2. The van der Waals surface area contributed by atoms with E-state index in [1.807, 2.05) is 31.5 Å². The first-order chi connectivity index (χ1) is 15.6. The van der Waals surface area contributed by atoms with Crippen LogP contribution in [0.4, 0.5) is 0 Å². The fourth-order valence-corrected chi connectivity index (χ4v) is 3.98. The molecular weight excluding hydrogens is 404 g/mol. The largest absolute Gasteiger partial charge is 0.493 e. The van der Waals surface area contributed by atoms with Crippen LogP contribution in [0.15, 0.2) is 23.2 Å². The number of aryl methyl sites for hydroxylation is 2. The molecule has 0 spiro atoms. The summed E-state index contributed by atoms with van der Waals surface area (Å²) in [7, 11) is 3.65. The van der Waals surface area contributed by atoms with Gasteiger partial charge < -0.3 is 24.7 Å². The van der Waals surface area contributed by atoms with E-state index in [0.717, 1.165) is 48.5 Å². The number of guanidine groups is 1. The number of aromatic nitrogens is 3. The summed E-state index contributed by atoms with van der Waals surface area (Å²) in [6.07, 6.45) is 8.26. The Labute approximate surface area is 191 Å². The van der Waals surface area contributed by atoms with Gasteiger partial charge in [-0.2, -0.15) is 0 Å². The Morgan fingerprint density at radius 2 is 2.00 bits per heavy atom. The summed E-state index contributed by atoms with van der Waals surface area (Å²) in [6.45, 7) is 5.91. The minimum Gasteiger partial charge on any atom is -0.493 e. The van der Waals surface area contributed by atoms with Gasteiger partial charge in [-0.15, -0.1) is 10.2 Å². The Hall–Kier alpha value is -2.77. The van der Waals surface area contributed by atoms with Gasteiger partial charge in [0.25, 0.3) is 0 Å². The predicted molar refractivity (Wildman–Crippen MR) is 127 cm³/mol. The molecule has 32 heavy (non-hydrogen) atoms. The molecule has 3 rings (SSSR count). The molecule has 8 heteroatoms. The van der Waals surface area contributed by atoms with Crippen molar-refractivity contribution in [1.29, 1.82) is 0 Å². The maximum atomic E-state index is 5.70.